The predicted octanol–water partition coefficient (Wildman–Crippen LogP) is 1.78. The van der Waals surface area contributed by atoms with Crippen LogP contribution in [0.4, 0.5) is 10.5 Å². The maximum absolute atomic E-state index is 12.0. The van der Waals surface area contributed by atoms with E-state index in [0.29, 0.717) is 36.0 Å². The maximum Gasteiger partial charge on any atom is 0.321 e. The molecule has 6 heteroatoms. The van der Waals surface area contributed by atoms with Crippen molar-refractivity contribution in [2.45, 2.75) is 39.2 Å². The van der Waals surface area contributed by atoms with Crippen molar-refractivity contribution < 1.29 is 14.4 Å². The van der Waals surface area contributed by atoms with Gasteiger partial charge in [0.1, 0.15) is 11.4 Å². The normalized spacial score (nSPS) is 16.2. The molecule has 0 saturated heterocycles. The highest BCUT2D eigenvalue weighted by molar-refractivity contribution is 5.90. The lowest BCUT2D eigenvalue weighted by atomic mass is 10.2. The van der Waals surface area contributed by atoms with Gasteiger partial charge in [0.15, 0.2) is 5.76 Å². The molecule has 1 atom stereocenters. The highest BCUT2D eigenvalue weighted by atomic mass is 16.5. The average Bonchev–Trinajstić information content (AvgIpc) is 3.16. The molecular formula is C13H21N3O3. The van der Waals surface area contributed by atoms with Crippen molar-refractivity contribution in [2.75, 3.05) is 18.9 Å². The van der Waals surface area contributed by atoms with Crippen molar-refractivity contribution in [3.63, 3.8) is 0 Å². The van der Waals surface area contributed by atoms with Crippen molar-refractivity contribution in [1.29, 1.82) is 0 Å². The SMILES string of the molecule is CCc1onc(C)c1NC(=O)N(C)CC(O)C1CC1. The van der Waals surface area contributed by atoms with E-state index in [2.05, 4.69) is 10.5 Å². The molecule has 19 heavy (non-hydrogen) atoms. The first-order valence-electron chi connectivity index (χ1n) is 6.68. The summed E-state index contributed by atoms with van der Waals surface area (Å²) in [6, 6.07) is -0.249. The lowest BCUT2D eigenvalue weighted by Gasteiger charge is -2.21. The number of carbonyl (C=O) groups is 1. The minimum absolute atomic E-state index is 0.249. The van der Waals surface area contributed by atoms with Gasteiger partial charge in [-0.15, -0.1) is 0 Å². The van der Waals surface area contributed by atoms with Crippen LogP contribution >= 0.6 is 0 Å². The molecule has 1 aromatic heterocycles. The molecule has 106 valence electrons. The second-order valence-corrected chi connectivity index (χ2v) is 5.14. The molecule has 0 spiro atoms. The van der Waals surface area contributed by atoms with Crippen LogP contribution in [-0.4, -0.2) is 40.9 Å². The number of carbonyl (C=O) groups excluding carboxylic acids is 1. The number of amides is 2. The molecule has 2 N–H and O–H groups in total. The van der Waals surface area contributed by atoms with Crippen LogP contribution in [0.5, 0.6) is 0 Å². The fourth-order valence-electron chi connectivity index (χ4n) is 2.01. The Bertz CT molecular complexity index is 454. The molecule has 0 aliphatic heterocycles. The van der Waals surface area contributed by atoms with E-state index in [9.17, 15) is 9.90 Å². The fourth-order valence-corrected chi connectivity index (χ4v) is 2.01. The molecule has 1 heterocycles. The second-order valence-electron chi connectivity index (χ2n) is 5.14. The van der Waals surface area contributed by atoms with Gasteiger partial charge in [0.2, 0.25) is 0 Å². The molecule has 1 unspecified atom stereocenters. The summed E-state index contributed by atoms with van der Waals surface area (Å²) in [5.41, 5.74) is 1.31. The molecule has 1 saturated carbocycles. The van der Waals surface area contributed by atoms with Gasteiger partial charge in [0, 0.05) is 20.0 Å². The van der Waals surface area contributed by atoms with E-state index in [1.165, 1.54) is 4.90 Å². The lowest BCUT2D eigenvalue weighted by molar-refractivity contribution is 0.117. The number of aliphatic hydroxyl groups is 1. The zero-order valence-electron chi connectivity index (χ0n) is 11.6. The first kappa shape index (κ1) is 13.9. The summed E-state index contributed by atoms with van der Waals surface area (Å²) in [5.74, 6) is 1.03. The number of likely N-dealkylation sites (N-methyl/N-ethyl adjacent to an activating group) is 1. The van der Waals surface area contributed by atoms with Gasteiger partial charge in [-0.25, -0.2) is 4.79 Å². The number of rotatable bonds is 5. The Hall–Kier alpha value is -1.56. The van der Waals surface area contributed by atoms with Gasteiger partial charge in [0.05, 0.1) is 6.10 Å². The summed E-state index contributed by atoms with van der Waals surface area (Å²) in [4.78, 5) is 13.5. The smallest absolute Gasteiger partial charge is 0.321 e. The van der Waals surface area contributed by atoms with Crippen LogP contribution < -0.4 is 5.32 Å². The monoisotopic (exact) mass is 267 g/mol. The van der Waals surface area contributed by atoms with E-state index in [4.69, 9.17) is 4.52 Å². The molecule has 6 nitrogen and oxygen atoms in total. The van der Waals surface area contributed by atoms with Crippen molar-refractivity contribution in [2.24, 2.45) is 5.92 Å². The van der Waals surface area contributed by atoms with E-state index in [-0.39, 0.29) is 6.03 Å². The third-order valence-electron chi connectivity index (χ3n) is 3.46. The van der Waals surface area contributed by atoms with E-state index in [1.54, 1.807) is 14.0 Å². The second kappa shape index (κ2) is 5.61. The van der Waals surface area contributed by atoms with Crippen LogP contribution in [0.25, 0.3) is 0 Å². The molecule has 2 rings (SSSR count). The Morgan fingerprint density at radius 1 is 1.63 bits per heavy atom. The molecular weight excluding hydrogens is 246 g/mol. The van der Waals surface area contributed by atoms with Gasteiger partial charge in [-0.1, -0.05) is 12.1 Å². The molecule has 0 radical (unpaired) electrons. The van der Waals surface area contributed by atoms with Gasteiger partial charge in [0.25, 0.3) is 0 Å². The van der Waals surface area contributed by atoms with E-state index >= 15 is 0 Å². The first-order valence-corrected chi connectivity index (χ1v) is 6.68. The van der Waals surface area contributed by atoms with Crippen LogP contribution in [0.15, 0.2) is 4.52 Å². The van der Waals surface area contributed by atoms with Crippen molar-refractivity contribution >= 4 is 11.7 Å². The Kier molecular flexibility index (Phi) is 4.09. The Labute approximate surface area is 112 Å². The molecule has 2 amide bonds. The summed E-state index contributed by atoms with van der Waals surface area (Å²) in [6.07, 6.45) is 2.36. The minimum atomic E-state index is -0.426. The molecule has 1 aliphatic rings. The van der Waals surface area contributed by atoms with Crippen molar-refractivity contribution in [1.82, 2.24) is 10.1 Å². The van der Waals surface area contributed by atoms with Crippen LogP contribution in [0.1, 0.15) is 31.2 Å². The zero-order chi connectivity index (χ0) is 14.0. The molecule has 1 aromatic rings. The highest BCUT2D eigenvalue weighted by Crippen LogP contribution is 2.32. The molecule has 0 bridgehead atoms. The molecule has 1 aliphatic carbocycles. The van der Waals surface area contributed by atoms with Crippen molar-refractivity contribution in [3.8, 4) is 0 Å². The third kappa shape index (κ3) is 3.26. The first-order chi connectivity index (χ1) is 9.02. The van der Waals surface area contributed by atoms with E-state index < -0.39 is 6.10 Å². The molecule has 0 aromatic carbocycles. The number of aryl methyl sites for hydroxylation is 2. The zero-order valence-corrected chi connectivity index (χ0v) is 11.6. The van der Waals surface area contributed by atoms with Crippen LogP contribution in [-0.2, 0) is 6.42 Å². The summed E-state index contributed by atoms with van der Waals surface area (Å²) >= 11 is 0. The van der Waals surface area contributed by atoms with Gasteiger partial charge < -0.3 is 19.8 Å². The van der Waals surface area contributed by atoms with Gasteiger partial charge in [-0.05, 0) is 25.7 Å². The van der Waals surface area contributed by atoms with Crippen molar-refractivity contribution in [3.05, 3.63) is 11.5 Å². The number of nitrogens with one attached hydrogen (secondary N) is 1. The Morgan fingerprint density at radius 2 is 2.32 bits per heavy atom. The number of nitrogens with zero attached hydrogens (tertiary/aromatic N) is 2. The van der Waals surface area contributed by atoms with Gasteiger partial charge >= 0.3 is 6.03 Å². The number of urea groups is 1. The number of hydrogen-bond donors (Lipinski definition) is 2. The topological polar surface area (TPSA) is 78.6 Å². The van der Waals surface area contributed by atoms with E-state index in [0.717, 1.165) is 12.8 Å². The van der Waals surface area contributed by atoms with E-state index in [1.807, 2.05) is 6.92 Å². The standard InChI is InChI=1S/C13H21N3O3/c1-4-11-12(8(2)15-19-11)14-13(18)16(3)7-10(17)9-5-6-9/h9-10,17H,4-7H2,1-3H3,(H,14,18). The van der Waals surface area contributed by atoms with Crippen LogP contribution in [0.2, 0.25) is 0 Å². The van der Waals surface area contributed by atoms with Gasteiger partial charge in [-0.2, -0.15) is 0 Å². The largest absolute Gasteiger partial charge is 0.391 e. The number of hydrogen-bond acceptors (Lipinski definition) is 4. The van der Waals surface area contributed by atoms with Crippen LogP contribution in [0.3, 0.4) is 0 Å². The Balaban J connectivity index is 1.93. The number of aromatic nitrogens is 1. The predicted molar refractivity (Wildman–Crippen MR) is 71.0 cm³/mol. The summed E-state index contributed by atoms with van der Waals surface area (Å²) in [6.45, 7) is 4.08. The maximum atomic E-state index is 12.0. The summed E-state index contributed by atoms with van der Waals surface area (Å²) < 4.78 is 5.12. The number of aliphatic hydroxyl groups excluding tert-OH is 1. The quantitative estimate of drug-likeness (QED) is 0.852. The van der Waals surface area contributed by atoms with Gasteiger partial charge in [-0.3, -0.25) is 0 Å². The fraction of sp³-hybridized carbons (Fsp3) is 0.692. The average molecular weight is 267 g/mol. The third-order valence-corrected chi connectivity index (χ3v) is 3.46. The Morgan fingerprint density at radius 3 is 2.89 bits per heavy atom. The minimum Gasteiger partial charge on any atom is -0.391 e. The number of anilines is 1. The highest BCUT2D eigenvalue weighted by Gasteiger charge is 2.31. The summed E-state index contributed by atoms with van der Waals surface area (Å²) in [5, 5.41) is 16.5. The van der Waals surface area contributed by atoms with Crippen LogP contribution in [0, 0.1) is 12.8 Å². The summed E-state index contributed by atoms with van der Waals surface area (Å²) in [7, 11) is 1.68. The lowest BCUT2D eigenvalue weighted by Crippen LogP contribution is -2.38. The molecule has 1 fully saturated rings.